The Kier molecular flexibility index (Phi) is 2.43. The predicted molar refractivity (Wildman–Crippen MR) is 51.6 cm³/mol. The van der Waals surface area contributed by atoms with Gasteiger partial charge in [0.25, 0.3) is 0 Å². The van der Waals surface area contributed by atoms with Crippen molar-refractivity contribution in [2.75, 3.05) is 6.54 Å². The van der Waals surface area contributed by atoms with Crippen molar-refractivity contribution in [3.8, 4) is 0 Å². The van der Waals surface area contributed by atoms with E-state index in [1.54, 1.807) is 24.8 Å². The van der Waals surface area contributed by atoms with Crippen molar-refractivity contribution in [2.45, 2.75) is 12.5 Å². The van der Waals surface area contributed by atoms with Gasteiger partial charge in [-0.2, -0.15) is 0 Å². The molecule has 2 aromatic rings. The van der Waals surface area contributed by atoms with Gasteiger partial charge in [-0.25, -0.2) is 4.98 Å². The first-order chi connectivity index (χ1) is 6.83. The van der Waals surface area contributed by atoms with Gasteiger partial charge < -0.3 is 10.8 Å². The molecule has 0 spiro atoms. The Bertz CT molecular complexity index is 425. The van der Waals surface area contributed by atoms with E-state index in [0.29, 0.717) is 13.0 Å². The summed E-state index contributed by atoms with van der Waals surface area (Å²) in [5.74, 6) is 0. The summed E-state index contributed by atoms with van der Waals surface area (Å²) in [5.41, 5.74) is 6.87. The molecule has 2 aromatic heterocycles. The Morgan fingerprint density at radius 3 is 3.14 bits per heavy atom. The lowest BCUT2D eigenvalue weighted by molar-refractivity contribution is 0.164. The Balaban J connectivity index is 2.42. The van der Waals surface area contributed by atoms with E-state index >= 15 is 0 Å². The average molecular weight is 192 g/mol. The fourth-order valence-electron chi connectivity index (χ4n) is 1.41. The summed E-state index contributed by atoms with van der Waals surface area (Å²) < 4.78 is 1.81. The molecule has 0 aliphatic heterocycles. The molecular formula is C9H12N4O. The number of nitrogens with two attached hydrogens (primary N) is 1. The second-order valence-electron chi connectivity index (χ2n) is 3.08. The number of aliphatic hydroxyl groups excluding tert-OH is 1. The fraction of sp³-hybridized carbons (Fsp3) is 0.333. The second kappa shape index (κ2) is 3.73. The number of hydrogen-bond acceptors (Lipinski definition) is 4. The van der Waals surface area contributed by atoms with Gasteiger partial charge in [0.05, 0.1) is 24.2 Å². The van der Waals surface area contributed by atoms with Crippen LogP contribution < -0.4 is 5.73 Å². The molecule has 74 valence electrons. The molecule has 5 heteroatoms. The molecule has 0 saturated carbocycles. The number of nitrogens with zero attached hydrogens (tertiary/aromatic N) is 3. The van der Waals surface area contributed by atoms with E-state index in [0.717, 1.165) is 11.3 Å². The van der Waals surface area contributed by atoms with Gasteiger partial charge in [0.1, 0.15) is 0 Å². The van der Waals surface area contributed by atoms with Crippen LogP contribution >= 0.6 is 0 Å². The minimum absolute atomic E-state index is 0.458. The highest BCUT2D eigenvalue weighted by Gasteiger charge is 2.11. The summed E-state index contributed by atoms with van der Waals surface area (Å²) in [7, 11) is 0. The predicted octanol–water partition coefficient (Wildman–Crippen LogP) is 0.112. The van der Waals surface area contributed by atoms with Crippen molar-refractivity contribution >= 4 is 5.65 Å². The average Bonchev–Trinajstić information content (AvgIpc) is 2.61. The molecule has 14 heavy (non-hydrogen) atoms. The smallest absolute Gasteiger partial charge is 0.155 e. The Labute approximate surface area is 81.2 Å². The number of fused-ring (bicyclic) bond motifs is 1. The second-order valence-corrected chi connectivity index (χ2v) is 3.08. The molecule has 5 nitrogen and oxygen atoms in total. The number of imidazole rings is 1. The summed E-state index contributed by atoms with van der Waals surface area (Å²) in [6.45, 7) is 0.458. The van der Waals surface area contributed by atoms with E-state index in [4.69, 9.17) is 5.73 Å². The third kappa shape index (κ3) is 1.47. The first kappa shape index (κ1) is 9.11. The summed E-state index contributed by atoms with van der Waals surface area (Å²) in [6.07, 6.45) is 6.72. The molecule has 0 aromatic carbocycles. The van der Waals surface area contributed by atoms with Gasteiger partial charge in [-0.3, -0.25) is 9.38 Å². The lowest BCUT2D eigenvalue weighted by Crippen LogP contribution is -2.08. The monoisotopic (exact) mass is 192 g/mol. The van der Waals surface area contributed by atoms with E-state index in [1.807, 2.05) is 4.40 Å². The highest BCUT2D eigenvalue weighted by molar-refractivity contribution is 5.37. The zero-order valence-corrected chi connectivity index (χ0v) is 7.67. The molecule has 3 N–H and O–H groups in total. The summed E-state index contributed by atoms with van der Waals surface area (Å²) in [5, 5.41) is 9.75. The van der Waals surface area contributed by atoms with E-state index < -0.39 is 6.10 Å². The van der Waals surface area contributed by atoms with Crippen LogP contribution in [0.2, 0.25) is 0 Å². The minimum atomic E-state index is -0.558. The van der Waals surface area contributed by atoms with Crippen LogP contribution in [-0.2, 0) is 0 Å². The van der Waals surface area contributed by atoms with Gasteiger partial charge >= 0.3 is 0 Å². The minimum Gasteiger partial charge on any atom is -0.387 e. The molecule has 0 amide bonds. The third-order valence-electron chi connectivity index (χ3n) is 2.13. The van der Waals surface area contributed by atoms with Crippen molar-refractivity contribution in [1.82, 2.24) is 14.4 Å². The zero-order valence-electron chi connectivity index (χ0n) is 7.67. The first-order valence-corrected chi connectivity index (χ1v) is 4.48. The van der Waals surface area contributed by atoms with E-state index in [1.165, 1.54) is 0 Å². The molecule has 0 unspecified atom stereocenters. The number of rotatable bonds is 3. The zero-order chi connectivity index (χ0) is 9.97. The van der Waals surface area contributed by atoms with Crippen LogP contribution in [0.15, 0.2) is 24.8 Å². The topological polar surface area (TPSA) is 76.4 Å². The fourth-order valence-corrected chi connectivity index (χ4v) is 1.41. The maximum absolute atomic E-state index is 9.75. The van der Waals surface area contributed by atoms with Gasteiger partial charge in [-0.15, -0.1) is 0 Å². The standard InChI is InChI=1S/C9H12N4O/c10-2-1-8(14)7-5-12-9-6-11-3-4-13(7)9/h3-6,8,14H,1-2,10H2/t8-/m0/s1. The van der Waals surface area contributed by atoms with Crippen LogP contribution in [0.25, 0.3) is 5.65 Å². The highest BCUT2D eigenvalue weighted by Crippen LogP contribution is 2.16. The number of hydrogen-bond donors (Lipinski definition) is 2. The molecule has 0 fully saturated rings. The van der Waals surface area contributed by atoms with Gasteiger partial charge in [0.15, 0.2) is 5.65 Å². The first-order valence-electron chi connectivity index (χ1n) is 4.48. The molecule has 1 atom stereocenters. The molecule has 0 radical (unpaired) electrons. The maximum Gasteiger partial charge on any atom is 0.155 e. The Morgan fingerprint density at radius 1 is 1.50 bits per heavy atom. The highest BCUT2D eigenvalue weighted by atomic mass is 16.3. The quantitative estimate of drug-likeness (QED) is 0.723. The lowest BCUT2D eigenvalue weighted by Gasteiger charge is -2.07. The van der Waals surface area contributed by atoms with E-state index in [-0.39, 0.29) is 0 Å². The third-order valence-corrected chi connectivity index (χ3v) is 2.13. The van der Waals surface area contributed by atoms with E-state index in [9.17, 15) is 5.11 Å². The van der Waals surface area contributed by atoms with Crippen molar-refractivity contribution in [3.63, 3.8) is 0 Å². The largest absolute Gasteiger partial charge is 0.387 e. The summed E-state index contributed by atoms with van der Waals surface area (Å²) in [6, 6.07) is 0. The number of aromatic nitrogens is 3. The van der Waals surface area contributed by atoms with Crippen molar-refractivity contribution < 1.29 is 5.11 Å². The molecule has 2 rings (SSSR count). The van der Waals surface area contributed by atoms with Crippen LogP contribution in [0.5, 0.6) is 0 Å². The van der Waals surface area contributed by atoms with Crippen molar-refractivity contribution in [3.05, 3.63) is 30.5 Å². The van der Waals surface area contributed by atoms with Gasteiger partial charge in [-0.05, 0) is 13.0 Å². The van der Waals surface area contributed by atoms with E-state index in [2.05, 4.69) is 9.97 Å². The van der Waals surface area contributed by atoms with Crippen LogP contribution in [-0.4, -0.2) is 26.0 Å². The molecule has 0 saturated heterocycles. The van der Waals surface area contributed by atoms with Gasteiger partial charge in [-0.1, -0.05) is 0 Å². The molecule has 0 aliphatic carbocycles. The number of aliphatic hydroxyl groups is 1. The normalized spacial score (nSPS) is 13.3. The summed E-state index contributed by atoms with van der Waals surface area (Å²) >= 11 is 0. The maximum atomic E-state index is 9.75. The van der Waals surface area contributed by atoms with Crippen LogP contribution in [0.3, 0.4) is 0 Å². The molecule has 0 bridgehead atoms. The van der Waals surface area contributed by atoms with Crippen LogP contribution in [0.1, 0.15) is 18.2 Å². The van der Waals surface area contributed by atoms with Gasteiger partial charge in [0.2, 0.25) is 0 Å². The Hall–Kier alpha value is -1.46. The van der Waals surface area contributed by atoms with Crippen LogP contribution in [0, 0.1) is 0 Å². The van der Waals surface area contributed by atoms with Crippen LogP contribution in [0.4, 0.5) is 0 Å². The van der Waals surface area contributed by atoms with Gasteiger partial charge in [0, 0.05) is 12.4 Å². The van der Waals surface area contributed by atoms with Crippen molar-refractivity contribution in [2.24, 2.45) is 5.73 Å². The molecule has 2 heterocycles. The lowest BCUT2D eigenvalue weighted by atomic mass is 10.2. The Morgan fingerprint density at radius 2 is 2.36 bits per heavy atom. The summed E-state index contributed by atoms with van der Waals surface area (Å²) in [4.78, 5) is 8.06. The molecular weight excluding hydrogens is 180 g/mol. The SMILES string of the molecule is NCC[C@H](O)c1cnc2cnccn12. The van der Waals surface area contributed by atoms with Crippen molar-refractivity contribution in [1.29, 1.82) is 0 Å². The molecule has 0 aliphatic rings.